The lowest BCUT2D eigenvalue weighted by Crippen LogP contribution is -2.33. The van der Waals surface area contributed by atoms with Crippen LogP contribution in [0, 0.1) is 0 Å². The van der Waals surface area contributed by atoms with Crippen LogP contribution >= 0.6 is 36.4 Å². The van der Waals surface area contributed by atoms with E-state index in [1.165, 1.54) is 0 Å². The number of benzene rings is 3. The Bertz CT molecular complexity index is 1390. The van der Waals surface area contributed by atoms with Crippen LogP contribution in [0.25, 0.3) is 21.9 Å². The van der Waals surface area contributed by atoms with Gasteiger partial charge in [0, 0.05) is 47.8 Å². The van der Waals surface area contributed by atoms with Gasteiger partial charge in [-0.1, -0.05) is 23.7 Å². The van der Waals surface area contributed by atoms with E-state index >= 15 is 0 Å². The van der Waals surface area contributed by atoms with Gasteiger partial charge in [-0.3, -0.25) is 4.98 Å². The van der Waals surface area contributed by atoms with Crippen molar-refractivity contribution in [3.05, 3.63) is 84.1 Å². The molecule has 0 fully saturated rings. The smallest absolute Gasteiger partial charge is 0.241 e. The third kappa shape index (κ3) is 7.70. The number of aromatic nitrogens is 1. The summed E-state index contributed by atoms with van der Waals surface area (Å²) in [5.41, 5.74) is 1.39. The summed E-state index contributed by atoms with van der Waals surface area (Å²) in [4.78, 5) is 4.29. The van der Waals surface area contributed by atoms with E-state index in [2.05, 4.69) is 15.0 Å². The molecule has 0 spiro atoms. The molecule has 36 heavy (non-hydrogen) atoms. The number of nitrogens with one attached hydrogen (secondary N) is 2. The number of halogens is 3. The van der Waals surface area contributed by atoms with Crippen LogP contribution in [-0.4, -0.2) is 44.7 Å². The van der Waals surface area contributed by atoms with E-state index in [4.69, 9.17) is 16.3 Å². The summed E-state index contributed by atoms with van der Waals surface area (Å²) in [5.74, 6) is 0.831. The molecule has 0 saturated carbocycles. The summed E-state index contributed by atoms with van der Waals surface area (Å²) in [6, 6.07) is 19.0. The van der Waals surface area contributed by atoms with Gasteiger partial charge in [0.2, 0.25) is 10.0 Å². The number of hydrogen-bond donors (Lipinski definition) is 3. The van der Waals surface area contributed by atoms with Crippen LogP contribution in [0.5, 0.6) is 11.5 Å². The number of sulfonamides is 1. The van der Waals surface area contributed by atoms with E-state index in [0.717, 1.165) is 5.75 Å². The minimum atomic E-state index is -3.79. The van der Waals surface area contributed by atoms with Crippen LogP contribution in [0.1, 0.15) is 0 Å². The van der Waals surface area contributed by atoms with Crippen molar-refractivity contribution in [2.45, 2.75) is 4.90 Å². The summed E-state index contributed by atoms with van der Waals surface area (Å²) in [6.45, 7) is 1.66. The van der Waals surface area contributed by atoms with E-state index in [1.54, 1.807) is 67.0 Å². The van der Waals surface area contributed by atoms with Gasteiger partial charge in [-0.15, -0.1) is 24.8 Å². The van der Waals surface area contributed by atoms with Gasteiger partial charge in [-0.2, -0.15) is 0 Å². The third-order valence-corrected chi connectivity index (χ3v) is 6.89. The molecular weight excluding hydrogens is 545 g/mol. The summed E-state index contributed by atoms with van der Waals surface area (Å²) in [6.07, 6.45) is 3.19. The first-order chi connectivity index (χ1) is 16.4. The lowest BCUT2D eigenvalue weighted by atomic mass is 10.0. The maximum atomic E-state index is 13.2. The van der Waals surface area contributed by atoms with Gasteiger partial charge in [0.25, 0.3) is 0 Å². The molecule has 0 bridgehead atoms. The molecule has 1 aromatic heterocycles. The zero-order chi connectivity index (χ0) is 24.0. The Morgan fingerprint density at radius 3 is 2.44 bits per heavy atom. The zero-order valence-electron chi connectivity index (χ0n) is 19.1. The van der Waals surface area contributed by atoms with Gasteiger partial charge >= 0.3 is 0 Å². The highest BCUT2D eigenvalue weighted by Gasteiger charge is 2.19. The fourth-order valence-electron chi connectivity index (χ4n) is 3.50. The predicted octanol–water partition coefficient (Wildman–Crippen LogP) is 5.05. The maximum absolute atomic E-state index is 13.2. The predicted molar refractivity (Wildman–Crippen MR) is 148 cm³/mol. The number of phenols is 1. The van der Waals surface area contributed by atoms with Gasteiger partial charge in [0.1, 0.15) is 18.1 Å². The first-order valence-corrected chi connectivity index (χ1v) is 12.5. The monoisotopic (exact) mass is 569 g/mol. The number of pyridine rings is 1. The zero-order valence-corrected chi connectivity index (χ0v) is 22.3. The van der Waals surface area contributed by atoms with Crippen molar-refractivity contribution in [2.75, 3.05) is 26.2 Å². The van der Waals surface area contributed by atoms with Crippen molar-refractivity contribution >= 4 is 57.2 Å². The molecule has 0 aliphatic heterocycles. The van der Waals surface area contributed by atoms with Crippen LogP contribution in [0.4, 0.5) is 0 Å². The molecule has 0 unspecified atom stereocenters. The standard InChI is InChI=1S/C25H24ClN3O4S.2ClH/c26-21-4-6-23(7-5-21)33-13-12-27-10-11-29-34(31,32)25-16-19(18-2-1-3-22(30)15-18)14-20-17-28-9-8-24(20)25;;/h1-9,14-17,27,29-30H,10-13H2;2*1H. The van der Waals surface area contributed by atoms with Crippen molar-refractivity contribution in [3.63, 3.8) is 0 Å². The first kappa shape index (κ1) is 29.6. The molecule has 0 aliphatic carbocycles. The largest absolute Gasteiger partial charge is 0.508 e. The van der Waals surface area contributed by atoms with E-state index in [9.17, 15) is 13.5 Å². The Labute approximate surface area is 227 Å². The van der Waals surface area contributed by atoms with E-state index < -0.39 is 10.0 Å². The second kappa shape index (κ2) is 13.6. The molecule has 192 valence electrons. The Morgan fingerprint density at radius 2 is 1.69 bits per heavy atom. The number of rotatable bonds is 10. The van der Waals surface area contributed by atoms with Crippen molar-refractivity contribution in [1.29, 1.82) is 0 Å². The second-order valence-electron chi connectivity index (χ2n) is 7.57. The highest BCUT2D eigenvalue weighted by molar-refractivity contribution is 7.89. The molecule has 0 amide bonds. The van der Waals surface area contributed by atoms with Gasteiger partial charge in [0.15, 0.2) is 0 Å². The highest BCUT2D eigenvalue weighted by atomic mass is 35.5. The number of hydrogen-bond acceptors (Lipinski definition) is 6. The normalized spacial score (nSPS) is 10.9. The molecule has 4 rings (SSSR count). The summed E-state index contributed by atoms with van der Waals surface area (Å²) < 4.78 is 34.6. The van der Waals surface area contributed by atoms with Crippen molar-refractivity contribution in [3.8, 4) is 22.6 Å². The lowest BCUT2D eigenvalue weighted by Gasteiger charge is -2.13. The van der Waals surface area contributed by atoms with Crippen molar-refractivity contribution in [2.24, 2.45) is 0 Å². The van der Waals surface area contributed by atoms with Crippen LogP contribution in [0.3, 0.4) is 0 Å². The number of fused-ring (bicyclic) bond motifs is 1. The first-order valence-electron chi connectivity index (χ1n) is 10.7. The maximum Gasteiger partial charge on any atom is 0.241 e. The minimum Gasteiger partial charge on any atom is -0.508 e. The Morgan fingerprint density at radius 1 is 0.917 bits per heavy atom. The number of nitrogens with zero attached hydrogens (tertiary/aromatic N) is 1. The average Bonchev–Trinajstić information content (AvgIpc) is 2.84. The van der Waals surface area contributed by atoms with E-state index in [-0.39, 0.29) is 42.0 Å². The minimum absolute atomic E-state index is 0. The molecule has 0 saturated heterocycles. The summed E-state index contributed by atoms with van der Waals surface area (Å²) >= 11 is 5.85. The van der Waals surface area contributed by atoms with Gasteiger partial charge in [-0.05, 0) is 65.7 Å². The van der Waals surface area contributed by atoms with Gasteiger partial charge in [0.05, 0.1) is 4.90 Å². The van der Waals surface area contributed by atoms with Crippen LogP contribution < -0.4 is 14.8 Å². The second-order valence-corrected chi connectivity index (χ2v) is 9.74. The average molecular weight is 571 g/mol. The van der Waals surface area contributed by atoms with Crippen molar-refractivity contribution < 1.29 is 18.3 Å². The molecule has 3 N–H and O–H groups in total. The molecular formula is C25H26Cl3N3O4S. The Hall–Kier alpha value is -2.59. The van der Waals surface area contributed by atoms with Crippen LogP contribution in [0.15, 0.2) is 84.0 Å². The molecule has 1 heterocycles. The van der Waals surface area contributed by atoms with Crippen LogP contribution in [0.2, 0.25) is 5.02 Å². The lowest BCUT2D eigenvalue weighted by molar-refractivity contribution is 0.314. The molecule has 11 heteroatoms. The molecule has 0 radical (unpaired) electrons. The van der Waals surface area contributed by atoms with Crippen LogP contribution in [-0.2, 0) is 10.0 Å². The number of phenolic OH excluding ortho intramolecular Hbond substituents is 1. The Balaban J connectivity index is 0.00000228. The topological polar surface area (TPSA) is 101 Å². The van der Waals surface area contributed by atoms with E-state index in [0.29, 0.717) is 46.6 Å². The number of aromatic hydroxyl groups is 1. The molecule has 3 aromatic carbocycles. The fourth-order valence-corrected chi connectivity index (χ4v) is 4.91. The Kier molecular flexibility index (Phi) is 11.2. The molecule has 0 aliphatic rings. The summed E-state index contributed by atoms with van der Waals surface area (Å²) in [7, 11) is -3.79. The molecule has 0 atom stereocenters. The van der Waals surface area contributed by atoms with Crippen molar-refractivity contribution in [1.82, 2.24) is 15.0 Å². The quantitative estimate of drug-likeness (QED) is 0.231. The SMILES string of the molecule is Cl.Cl.O=S(=O)(NCCNCCOc1ccc(Cl)cc1)c1cc(-c2cccc(O)c2)cc2cnccc12. The fraction of sp³-hybridized carbons (Fsp3) is 0.160. The highest BCUT2D eigenvalue weighted by Crippen LogP contribution is 2.31. The third-order valence-electron chi connectivity index (χ3n) is 5.14. The number of ether oxygens (including phenoxy) is 1. The van der Waals surface area contributed by atoms with E-state index in [1.807, 2.05) is 12.1 Å². The van der Waals surface area contributed by atoms with Gasteiger partial charge in [-0.25, -0.2) is 13.1 Å². The van der Waals surface area contributed by atoms with Gasteiger partial charge < -0.3 is 15.2 Å². The summed E-state index contributed by atoms with van der Waals surface area (Å²) in [5, 5.41) is 14.9. The molecule has 7 nitrogen and oxygen atoms in total. The molecule has 4 aromatic rings.